The van der Waals surface area contributed by atoms with Crippen LogP contribution in [0, 0.1) is 0 Å². The van der Waals surface area contributed by atoms with Crippen LogP contribution in [0.1, 0.15) is 91.9 Å². The van der Waals surface area contributed by atoms with Gasteiger partial charge in [0.05, 0.1) is 44.5 Å². The van der Waals surface area contributed by atoms with Gasteiger partial charge in [-0.2, -0.15) is 0 Å². The fraction of sp³-hybridized carbons (Fsp3) is 0.605. The summed E-state index contributed by atoms with van der Waals surface area (Å²) in [5.74, 6) is -1.62. The fourth-order valence-corrected chi connectivity index (χ4v) is 4.13. The number of hydrogen-bond acceptors (Lipinski definition) is 15. The number of ether oxygens (including phenoxy) is 8. The van der Waals surface area contributed by atoms with Crippen LogP contribution in [-0.4, -0.2) is 97.3 Å². The summed E-state index contributed by atoms with van der Waals surface area (Å²) < 4.78 is 38.8. The molecule has 5 rings (SSSR count). The molecule has 300 valence electrons. The topological polar surface area (TPSA) is 200 Å². The predicted molar refractivity (Wildman–Crippen MR) is 192 cm³/mol. The molecule has 0 saturated carbocycles. The molecule has 2 N–H and O–H groups in total. The molecule has 0 fully saturated rings. The first-order chi connectivity index (χ1) is 25.5. The predicted octanol–water partition coefficient (Wildman–Crippen LogP) is 4.80. The second kappa shape index (κ2) is 33.2. The van der Waals surface area contributed by atoms with Gasteiger partial charge in [-0.05, 0) is 94.6 Å². The van der Waals surface area contributed by atoms with Crippen LogP contribution in [0.5, 0.6) is 0 Å². The smallest absolute Gasteiger partial charge is 0.310 e. The first-order valence-electron chi connectivity index (χ1n) is 17.7. The van der Waals surface area contributed by atoms with Gasteiger partial charge < -0.3 is 48.1 Å². The van der Waals surface area contributed by atoms with Crippen molar-refractivity contribution in [3.8, 4) is 0 Å². The summed E-state index contributed by atoms with van der Waals surface area (Å²) in [7, 11) is 0. The van der Waals surface area contributed by atoms with E-state index in [1.807, 2.05) is 30.4 Å². The normalized spacial score (nSPS) is 22.6. The zero-order chi connectivity index (χ0) is 39.5. The molecule has 0 amide bonds. The Labute approximate surface area is 312 Å². The van der Waals surface area contributed by atoms with E-state index in [1.165, 1.54) is 27.7 Å². The molecule has 0 bridgehead atoms. The van der Waals surface area contributed by atoms with Crippen LogP contribution in [-0.2, 0) is 61.9 Å². The minimum Gasteiger partial charge on any atom is -0.496 e. The molecule has 5 heterocycles. The van der Waals surface area contributed by atoms with Gasteiger partial charge in [0.15, 0.2) is 12.4 Å². The van der Waals surface area contributed by atoms with Gasteiger partial charge in [-0.3, -0.25) is 24.0 Å². The second-order valence-corrected chi connectivity index (χ2v) is 11.6. The largest absolute Gasteiger partial charge is 0.496 e. The number of allylic oxidation sites excluding steroid dienone is 5. The van der Waals surface area contributed by atoms with E-state index >= 15 is 0 Å². The van der Waals surface area contributed by atoms with Crippen LogP contribution in [0.15, 0.2) is 61.7 Å². The summed E-state index contributed by atoms with van der Waals surface area (Å²) in [4.78, 5) is 50.4. The Morgan fingerprint density at radius 2 is 0.849 bits per heavy atom. The molecule has 0 aromatic carbocycles. The monoisotopic (exact) mass is 754 g/mol. The van der Waals surface area contributed by atoms with Crippen LogP contribution in [0.4, 0.5) is 0 Å². The Kier molecular flexibility index (Phi) is 30.3. The van der Waals surface area contributed by atoms with E-state index < -0.39 is 11.9 Å². The summed E-state index contributed by atoms with van der Waals surface area (Å²) in [5, 5.41) is 17.1. The summed E-state index contributed by atoms with van der Waals surface area (Å²) in [6.07, 6.45) is 28.5. The molecule has 15 heteroatoms. The molecule has 0 radical (unpaired) electrons. The van der Waals surface area contributed by atoms with Gasteiger partial charge in [0.25, 0.3) is 0 Å². The van der Waals surface area contributed by atoms with Crippen molar-refractivity contribution in [2.45, 2.75) is 122 Å². The van der Waals surface area contributed by atoms with Crippen molar-refractivity contribution in [2.24, 2.45) is 0 Å². The van der Waals surface area contributed by atoms with Crippen molar-refractivity contribution in [1.82, 2.24) is 0 Å². The van der Waals surface area contributed by atoms with Gasteiger partial charge in [0.2, 0.25) is 0 Å². The van der Waals surface area contributed by atoms with Gasteiger partial charge in [-0.25, -0.2) is 0 Å². The van der Waals surface area contributed by atoms with E-state index in [1.54, 1.807) is 31.3 Å². The van der Waals surface area contributed by atoms with Crippen molar-refractivity contribution in [3.63, 3.8) is 0 Å². The van der Waals surface area contributed by atoms with E-state index in [2.05, 4.69) is 4.74 Å². The third-order valence-corrected chi connectivity index (χ3v) is 6.85. The summed E-state index contributed by atoms with van der Waals surface area (Å²) >= 11 is 0. The number of hydrogen-bond donors (Lipinski definition) is 2. The fourth-order valence-electron chi connectivity index (χ4n) is 4.13. The van der Waals surface area contributed by atoms with Crippen LogP contribution in [0.25, 0.3) is 0 Å². The molecule has 5 aliphatic heterocycles. The number of carbonyl (C=O) groups excluding carboxylic acids is 5. The van der Waals surface area contributed by atoms with E-state index in [0.29, 0.717) is 13.2 Å². The standard InChI is InChI=1S/2C8H12O3.2C6H10O2.C6H8O2.C4H6O3/c2*1-7(9)11-6-8-4-2-3-5-10-8;3*7-5-6-3-1-2-4-8-6;1-3(5)7-4(2)6/h2*3,5,8H,2,4,6H2,1H3;2*2,4,6-7H,1,3,5H2;2,4-6H,1,3H2;1-2H3/t8-;;6-;;6-;/m1.0.0./s1. The lowest BCUT2D eigenvalue weighted by Gasteiger charge is -2.18. The van der Waals surface area contributed by atoms with E-state index in [-0.39, 0.29) is 55.7 Å². The molecule has 0 aromatic heterocycles. The molecule has 0 aliphatic carbocycles. The summed E-state index contributed by atoms with van der Waals surface area (Å²) in [5.41, 5.74) is 0. The van der Waals surface area contributed by atoms with Gasteiger partial charge in [-0.1, -0.05) is 0 Å². The van der Waals surface area contributed by atoms with E-state index in [0.717, 1.165) is 70.5 Å². The molecule has 53 heavy (non-hydrogen) atoms. The zero-order valence-electron chi connectivity index (χ0n) is 31.3. The van der Waals surface area contributed by atoms with Crippen LogP contribution in [0.3, 0.4) is 0 Å². The maximum atomic E-state index is 10.4. The number of aliphatic hydroxyl groups is 2. The lowest BCUT2D eigenvalue weighted by molar-refractivity contribution is -0.156. The van der Waals surface area contributed by atoms with Crippen LogP contribution in [0.2, 0.25) is 0 Å². The van der Waals surface area contributed by atoms with Crippen LogP contribution < -0.4 is 0 Å². The minimum atomic E-state index is -0.562. The third kappa shape index (κ3) is 31.8. The average Bonchev–Trinajstić information content (AvgIpc) is 3.19. The Morgan fingerprint density at radius 3 is 1.02 bits per heavy atom. The second-order valence-electron chi connectivity index (χ2n) is 11.6. The molecule has 15 nitrogen and oxygen atoms in total. The lowest BCUT2D eigenvalue weighted by Crippen LogP contribution is -2.20. The van der Waals surface area contributed by atoms with Crippen molar-refractivity contribution < 1.29 is 72.1 Å². The Morgan fingerprint density at radius 1 is 0.528 bits per heavy atom. The quantitative estimate of drug-likeness (QED) is 0.155. The van der Waals surface area contributed by atoms with Crippen molar-refractivity contribution in [1.29, 1.82) is 0 Å². The average molecular weight is 755 g/mol. The number of esters is 4. The maximum Gasteiger partial charge on any atom is 0.310 e. The zero-order valence-corrected chi connectivity index (χ0v) is 31.3. The van der Waals surface area contributed by atoms with Gasteiger partial charge in [0.1, 0.15) is 37.6 Å². The summed E-state index contributed by atoms with van der Waals surface area (Å²) in [6.45, 7) is 6.20. The Balaban J connectivity index is 0.000000618. The maximum absolute atomic E-state index is 10.4. The molecule has 0 spiro atoms. The number of aliphatic hydroxyl groups excluding tert-OH is 2. The van der Waals surface area contributed by atoms with Gasteiger partial charge in [-0.15, -0.1) is 0 Å². The first kappa shape index (κ1) is 48.4. The highest BCUT2D eigenvalue weighted by Crippen LogP contribution is 2.12. The highest BCUT2D eigenvalue weighted by atomic mass is 16.6. The van der Waals surface area contributed by atoms with E-state index in [4.69, 9.17) is 43.4 Å². The molecule has 5 atom stereocenters. The van der Waals surface area contributed by atoms with Crippen molar-refractivity contribution >= 4 is 30.2 Å². The van der Waals surface area contributed by atoms with Crippen molar-refractivity contribution in [2.75, 3.05) is 26.4 Å². The molecular weight excluding hydrogens is 696 g/mol. The van der Waals surface area contributed by atoms with Gasteiger partial charge in [0, 0.05) is 27.7 Å². The molecule has 0 aromatic rings. The molecule has 5 aliphatic rings. The first-order valence-corrected chi connectivity index (χ1v) is 17.7. The molecule has 2 unspecified atom stereocenters. The number of carbonyl (C=O) groups is 5. The highest BCUT2D eigenvalue weighted by Gasteiger charge is 2.13. The third-order valence-electron chi connectivity index (χ3n) is 6.85. The van der Waals surface area contributed by atoms with Crippen molar-refractivity contribution in [3.05, 3.63) is 61.7 Å². The Hall–Kier alpha value is -4.63. The minimum absolute atomic E-state index is 0.0556. The Bertz CT molecular complexity index is 1090. The van der Waals surface area contributed by atoms with Crippen LogP contribution >= 0.6 is 0 Å². The van der Waals surface area contributed by atoms with Gasteiger partial charge >= 0.3 is 23.9 Å². The molecular formula is C38H58O15. The SMILES string of the molecule is CC(=O)OC(C)=O.CC(=O)OCC1CCC=CO1.CC(=O)OC[C@H]1CCC=CO1.O=C[C@@H]1CCC=CO1.OCC1CCC=CO1.OC[C@@H]1CCC=CO1. The number of rotatable bonds is 7. The summed E-state index contributed by atoms with van der Waals surface area (Å²) in [6, 6.07) is 0. The lowest BCUT2D eigenvalue weighted by atomic mass is 10.2. The number of aldehydes is 1. The van der Waals surface area contributed by atoms with E-state index in [9.17, 15) is 24.0 Å². The molecule has 0 saturated heterocycles. The highest BCUT2D eigenvalue weighted by molar-refractivity contribution is 5.82.